The van der Waals surface area contributed by atoms with E-state index in [4.69, 9.17) is 0 Å². The lowest BCUT2D eigenvalue weighted by Crippen LogP contribution is -2.24. The van der Waals surface area contributed by atoms with Crippen LogP contribution in [0.25, 0.3) is 11.0 Å². The molecule has 0 saturated carbocycles. The van der Waals surface area contributed by atoms with Crippen LogP contribution in [0.4, 0.5) is 0 Å². The van der Waals surface area contributed by atoms with Crippen LogP contribution in [0.15, 0.2) is 29.1 Å². The third kappa shape index (κ3) is 2.28. The van der Waals surface area contributed by atoms with E-state index in [0.717, 1.165) is 17.6 Å². The van der Waals surface area contributed by atoms with Crippen LogP contribution in [0, 0.1) is 0 Å². The van der Waals surface area contributed by atoms with Crippen molar-refractivity contribution < 1.29 is 0 Å². The number of nitrogens with zero attached hydrogens (tertiary/aromatic N) is 2. The minimum absolute atomic E-state index is 0.0914. The topological polar surface area (TPSA) is 26.9 Å². The fraction of sp³-hybridized carbons (Fsp3) is 0.500. The monoisotopic (exact) mass is 234 g/mol. The second-order valence-corrected chi connectivity index (χ2v) is 3.98. The minimum Gasteiger partial charge on any atom is -0.292 e. The van der Waals surface area contributed by atoms with E-state index >= 15 is 0 Å². The summed E-state index contributed by atoms with van der Waals surface area (Å²) in [4.78, 5) is 12.1. The molecule has 1 aromatic heterocycles. The Hall–Kier alpha value is -1.51. The van der Waals surface area contributed by atoms with Crippen molar-refractivity contribution in [2.45, 2.75) is 47.2 Å². The summed E-state index contributed by atoms with van der Waals surface area (Å²) in [6.07, 6.45) is 0. The fourth-order valence-corrected chi connectivity index (χ4v) is 2.04. The van der Waals surface area contributed by atoms with Gasteiger partial charge in [0.15, 0.2) is 0 Å². The maximum absolute atomic E-state index is 12.1. The molecule has 2 rings (SSSR count). The van der Waals surface area contributed by atoms with Crippen molar-refractivity contribution >= 4 is 11.0 Å². The molecule has 1 heterocycles. The third-order valence-electron chi connectivity index (χ3n) is 2.70. The molecule has 0 unspecified atom stereocenters. The van der Waals surface area contributed by atoms with Gasteiger partial charge in [-0.25, -0.2) is 4.79 Å². The number of aryl methyl sites for hydroxylation is 1. The van der Waals surface area contributed by atoms with Crippen molar-refractivity contribution in [2.24, 2.45) is 0 Å². The summed E-state index contributed by atoms with van der Waals surface area (Å²) in [7, 11) is 0. The highest BCUT2D eigenvalue weighted by atomic mass is 16.1. The van der Waals surface area contributed by atoms with E-state index in [1.165, 1.54) is 0 Å². The number of rotatable bonds is 2. The second-order valence-electron chi connectivity index (χ2n) is 3.98. The Kier molecular flexibility index (Phi) is 4.55. The predicted octanol–water partition coefficient (Wildman–Crippen LogP) is 3.43. The average Bonchev–Trinajstić information content (AvgIpc) is 2.63. The highest BCUT2D eigenvalue weighted by Gasteiger charge is 2.12. The van der Waals surface area contributed by atoms with Crippen molar-refractivity contribution in [3.8, 4) is 0 Å². The maximum atomic E-state index is 12.1. The molecular formula is C14H22N2O. The predicted molar refractivity (Wildman–Crippen MR) is 73.6 cm³/mol. The van der Waals surface area contributed by atoms with Gasteiger partial charge in [-0.15, -0.1) is 0 Å². The number of imidazole rings is 1. The van der Waals surface area contributed by atoms with Crippen LogP contribution < -0.4 is 5.69 Å². The van der Waals surface area contributed by atoms with Gasteiger partial charge in [0.1, 0.15) is 0 Å². The summed E-state index contributed by atoms with van der Waals surface area (Å²) in [5.41, 5.74) is 2.15. The number of hydrogen-bond donors (Lipinski definition) is 0. The first kappa shape index (κ1) is 13.6. The van der Waals surface area contributed by atoms with Crippen LogP contribution in [0.5, 0.6) is 0 Å². The molecule has 17 heavy (non-hydrogen) atoms. The van der Waals surface area contributed by atoms with Crippen LogP contribution in [0.2, 0.25) is 0 Å². The van der Waals surface area contributed by atoms with Crippen molar-refractivity contribution in [3.05, 3.63) is 34.7 Å². The Morgan fingerprint density at radius 2 is 1.65 bits per heavy atom. The molecule has 0 bridgehead atoms. The lowest BCUT2D eigenvalue weighted by atomic mass is 10.3. The first-order chi connectivity index (χ1) is 8.16. The third-order valence-corrected chi connectivity index (χ3v) is 2.70. The van der Waals surface area contributed by atoms with Crippen LogP contribution in [0.3, 0.4) is 0 Å². The summed E-state index contributed by atoms with van der Waals surface area (Å²) < 4.78 is 3.66. The highest BCUT2D eigenvalue weighted by molar-refractivity contribution is 5.76. The molecule has 2 aromatic rings. The van der Waals surface area contributed by atoms with Gasteiger partial charge in [-0.1, -0.05) is 26.0 Å². The molecule has 3 heteroatoms. The first-order valence-corrected chi connectivity index (χ1v) is 6.36. The van der Waals surface area contributed by atoms with E-state index in [1.54, 1.807) is 0 Å². The molecule has 1 aromatic carbocycles. The molecular weight excluding hydrogens is 212 g/mol. The molecule has 0 N–H and O–H groups in total. The fourth-order valence-electron chi connectivity index (χ4n) is 2.04. The molecule has 0 fully saturated rings. The summed E-state index contributed by atoms with van der Waals surface area (Å²) >= 11 is 0. The highest BCUT2D eigenvalue weighted by Crippen LogP contribution is 2.16. The van der Waals surface area contributed by atoms with E-state index < -0.39 is 0 Å². The summed E-state index contributed by atoms with van der Waals surface area (Å²) in [6.45, 7) is 10.8. The van der Waals surface area contributed by atoms with Gasteiger partial charge in [-0.3, -0.25) is 9.13 Å². The van der Waals surface area contributed by atoms with Crippen molar-refractivity contribution in [2.75, 3.05) is 0 Å². The molecule has 0 spiro atoms. The Balaban J connectivity index is 0.000000686. The quantitative estimate of drug-likeness (QED) is 0.782. The Morgan fingerprint density at radius 1 is 1.12 bits per heavy atom. The van der Waals surface area contributed by atoms with Gasteiger partial charge in [0.05, 0.1) is 11.0 Å². The van der Waals surface area contributed by atoms with Crippen molar-refractivity contribution in [3.63, 3.8) is 0 Å². The van der Waals surface area contributed by atoms with Crippen molar-refractivity contribution in [1.82, 2.24) is 9.13 Å². The minimum atomic E-state index is 0.0914. The van der Waals surface area contributed by atoms with E-state index in [0.29, 0.717) is 0 Å². The number of hydrogen-bond acceptors (Lipinski definition) is 1. The zero-order valence-electron chi connectivity index (χ0n) is 11.4. The van der Waals surface area contributed by atoms with Crippen LogP contribution >= 0.6 is 0 Å². The SMILES string of the molecule is CC.CCn1c(=O)n(C(C)C)c2ccccc21. The van der Waals surface area contributed by atoms with Crippen molar-refractivity contribution in [1.29, 1.82) is 0 Å². The second kappa shape index (κ2) is 5.71. The molecule has 94 valence electrons. The van der Waals surface area contributed by atoms with E-state index in [-0.39, 0.29) is 11.7 Å². The molecule has 0 saturated heterocycles. The molecule has 0 aliphatic rings. The number of para-hydroxylation sites is 2. The van der Waals surface area contributed by atoms with Gasteiger partial charge >= 0.3 is 5.69 Å². The van der Waals surface area contributed by atoms with Crippen LogP contribution in [-0.4, -0.2) is 9.13 Å². The van der Waals surface area contributed by atoms with Crippen LogP contribution in [0.1, 0.15) is 40.7 Å². The Morgan fingerprint density at radius 3 is 2.12 bits per heavy atom. The zero-order valence-corrected chi connectivity index (χ0v) is 11.4. The molecule has 0 atom stereocenters. The smallest absolute Gasteiger partial charge is 0.292 e. The normalized spacial score (nSPS) is 10.5. The van der Waals surface area contributed by atoms with Gasteiger partial charge in [-0.05, 0) is 32.9 Å². The van der Waals surface area contributed by atoms with Gasteiger partial charge in [0.2, 0.25) is 0 Å². The van der Waals surface area contributed by atoms with E-state index in [9.17, 15) is 4.79 Å². The summed E-state index contributed by atoms with van der Waals surface area (Å²) in [6, 6.07) is 8.15. The number of fused-ring (bicyclic) bond motifs is 1. The largest absolute Gasteiger partial charge is 0.329 e. The number of aromatic nitrogens is 2. The van der Waals surface area contributed by atoms with Gasteiger partial charge < -0.3 is 0 Å². The lowest BCUT2D eigenvalue weighted by Gasteiger charge is -2.05. The maximum Gasteiger partial charge on any atom is 0.329 e. The first-order valence-electron chi connectivity index (χ1n) is 6.36. The van der Waals surface area contributed by atoms with Crippen LogP contribution in [-0.2, 0) is 6.54 Å². The van der Waals surface area contributed by atoms with E-state index in [1.807, 2.05) is 68.0 Å². The van der Waals surface area contributed by atoms with Gasteiger partial charge in [0, 0.05) is 12.6 Å². The molecule has 3 nitrogen and oxygen atoms in total. The average molecular weight is 234 g/mol. The Labute approximate surface area is 103 Å². The summed E-state index contributed by atoms with van der Waals surface area (Å²) in [5.74, 6) is 0. The molecule has 0 amide bonds. The Bertz CT molecular complexity index is 535. The zero-order chi connectivity index (χ0) is 13.0. The molecule has 0 radical (unpaired) electrons. The molecule has 0 aliphatic carbocycles. The number of benzene rings is 1. The summed E-state index contributed by atoms with van der Waals surface area (Å²) in [5, 5.41) is 0. The van der Waals surface area contributed by atoms with E-state index in [2.05, 4.69) is 0 Å². The standard InChI is InChI=1S/C12H16N2O.C2H6/c1-4-13-10-7-5-6-8-11(10)14(9(2)3)12(13)15;1-2/h5-9H,4H2,1-3H3;1-2H3. The van der Waals surface area contributed by atoms with Gasteiger partial charge in [-0.2, -0.15) is 0 Å². The molecule has 0 aliphatic heterocycles. The lowest BCUT2D eigenvalue weighted by molar-refractivity contribution is 0.571. The van der Waals surface area contributed by atoms with Gasteiger partial charge in [0.25, 0.3) is 0 Å².